The highest BCUT2D eigenvalue weighted by Gasteiger charge is 2.29. The van der Waals surface area contributed by atoms with Crippen LogP contribution in [0.4, 0.5) is 14.5 Å². The summed E-state index contributed by atoms with van der Waals surface area (Å²) in [5, 5.41) is 0. The molecule has 1 aliphatic carbocycles. The topological polar surface area (TPSA) is 89.0 Å². The van der Waals surface area contributed by atoms with Crippen molar-refractivity contribution >= 4 is 21.5 Å². The summed E-state index contributed by atoms with van der Waals surface area (Å²) in [7, 11) is -4.31. The number of halogens is 2. The number of Topliss-reactive ketones (excluding diaryl/α,β-unsaturated/α-hetero) is 1. The van der Waals surface area contributed by atoms with Gasteiger partial charge in [-0.25, -0.2) is 17.2 Å². The molecule has 1 N–H and O–H groups in total. The van der Waals surface area contributed by atoms with E-state index < -0.39 is 26.6 Å². The van der Waals surface area contributed by atoms with Crippen molar-refractivity contribution < 1.29 is 22.0 Å². The molecular formula is C23H21F2N3O3S. The molecule has 2 aromatic heterocycles. The molecule has 0 radical (unpaired) electrons. The molecule has 0 unspecified atom stereocenters. The normalized spacial score (nSPS) is 13.8. The molecule has 0 amide bonds. The summed E-state index contributed by atoms with van der Waals surface area (Å²) in [5.74, 6) is -1.75. The van der Waals surface area contributed by atoms with E-state index in [0.717, 1.165) is 36.1 Å². The molecule has 3 aromatic rings. The van der Waals surface area contributed by atoms with E-state index in [2.05, 4.69) is 14.7 Å². The maximum Gasteiger partial charge on any atom is 0.264 e. The molecule has 9 heteroatoms. The Kier molecular flexibility index (Phi) is 5.77. The van der Waals surface area contributed by atoms with Crippen molar-refractivity contribution in [2.45, 2.75) is 38.0 Å². The quantitative estimate of drug-likeness (QED) is 0.569. The van der Waals surface area contributed by atoms with E-state index in [4.69, 9.17) is 0 Å². The average Bonchev–Trinajstić information content (AvgIpc) is 3.56. The van der Waals surface area contributed by atoms with Crippen LogP contribution < -0.4 is 4.72 Å². The minimum Gasteiger partial charge on any atom is -0.299 e. The highest BCUT2D eigenvalue weighted by molar-refractivity contribution is 7.92. The number of sulfonamides is 1. The second-order valence-corrected chi connectivity index (χ2v) is 9.60. The number of carbonyl (C=O) groups excluding carboxylic acids is 1. The van der Waals surface area contributed by atoms with Crippen molar-refractivity contribution in [3.05, 3.63) is 71.3 Å². The van der Waals surface area contributed by atoms with Crippen LogP contribution in [0.2, 0.25) is 0 Å². The van der Waals surface area contributed by atoms with Gasteiger partial charge in [0.2, 0.25) is 0 Å². The predicted octanol–water partition coefficient (Wildman–Crippen LogP) is 4.36. The SMILES string of the molecule is Cc1cnc(CC(=O)C2CC2)cc1-c1cnc(C)c(NS(=O)(=O)c2ccc(F)cc2F)c1. The molecule has 0 atom stereocenters. The minimum absolute atomic E-state index is 0.135. The summed E-state index contributed by atoms with van der Waals surface area (Å²) in [6.45, 7) is 3.47. The predicted molar refractivity (Wildman–Crippen MR) is 116 cm³/mol. The second kappa shape index (κ2) is 8.38. The van der Waals surface area contributed by atoms with Crippen LogP contribution in [0.25, 0.3) is 11.1 Å². The monoisotopic (exact) mass is 457 g/mol. The molecule has 1 aliphatic rings. The van der Waals surface area contributed by atoms with Crippen molar-refractivity contribution in [3.63, 3.8) is 0 Å². The molecule has 2 heterocycles. The van der Waals surface area contributed by atoms with Crippen LogP contribution in [0, 0.1) is 31.4 Å². The number of benzene rings is 1. The van der Waals surface area contributed by atoms with Gasteiger partial charge in [-0.1, -0.05) is 0 Å². The fourth-order valence-electron chi connectivity index (χ4n) is 3.38. The van der Waals surface area contributed by atoms with E-state index in [9.17, 15) is 22.0 Å². The number of aromatic nitrogens is 2. The molecule has 0 saturated heterocycles. The van der Waals surface area contributed by atoms with Gasteiger partial charge in [0.1, 0.15) is 22.3 Å². The Balaban J connectivity index is 1.66. The smallest absolute Gasteiger partial charge is 0.264 e. The van der Waals surface area contributed by atoms with Crippen molar-refractivity contribution in [1.29, 1.82) is 0 Å². The summed E-state index contributed by atoms with van der Waals surface area (Å²) in [5.41, 5.74) is 3.40. The van der Waals surface area contributed by atoms with E-state index in [1.54, 1.807) is 31.5 Å². The Bertz CT molecular complexity index is 1320. The Morgan fingerprint density at radius 3 is 2.53 bits per heavy atom. The largest absolute Gasteiger partial charge is 0.299 e. The van der Waals surface area contributed by atoms with Crippen molar-refractivity contribution in [1.82, 2.24) is 9.97 Å². The number of carbonyl (C=O) groups is 1. The van der Waals surface area contributed by atoms with E-state index >= 15 is 0 Å². The minimum atomic E-state index is -4.31. The highest BCUT2D eigenvalue weighted by atomic mass is 32.2. The lowest BCUT2D eigenvalue weighted by Crippen LogP contribution is -2.16. The second-order valence-electron chi connectivity index (χ2n) is 7.95. The first kappa shape index (κ1) is 22.0. The molecule has 1 aromatic carbocycles. The maximum atomic E-state index is 14.0. The zero-order valence-corrected chi connectivity index (χ0v) is 18.3. The zero-order chi connectivity index (χ0) is 23.0. The van der Waals surface area contributed by atoms with E-state index in [-0.39, 0.29) is 23.8 Å². The first-order valence-corrected chi connectivity index (χ1v) is 11.6. The van der Waals surface area contributed by atoms with E-state index in [1.807, 2.05) is 6.92 Å². The molecular weight excluding hydrogens is 436 g/mol. The van der Waals surface area contributed by atoms with Gasteiger partial charge in [-0.3, -0.25) is 19.5 Å². The Morgan fingerprint density at radius 2 is 1.84 bits per heavy atom. The first-order chi connectivity index (χ1) is 15.1. The van der Waals surface area contributed by atoms with Gasteiger partial charge in [0.15, 0.2) is 0 Å². The van der Waals surface area contributed by atoms with Gasteiger partial charge in [0.05, 0.1) is 11.4 Å². The molecule has 6 nitrogen and oxygen atoms in total. The summed E-state index contributed by atoms with van der Waals surface area (Å²) >= 11 is 0. The number of pyridine rings is 2. The highest BCUT2D eigenvalue weighted by Crippen LogP contribution is 2.32. The lowest BCUT2D eigenvalue weighted by Gasteiger charge is -2.14. The third-order valence-electron chi connectivity index (χ3n) is 5.37. The van der Waals surface area contributed by atoms with Gasteiger partial charge in [0, 0.05) is 42.1 Å². The number of aryl methyl sites for hydroxylation is 2. The molecule has 0 bridgehead atoms. The van der Waals surface area contributed by atoms with Crippen molar-refractivity contribution in [3.8, 4) is 11.1 Å². The fraction of sp³-hybridized carbons (Fsp3) is 0.261. The molecule has 166 valence electrons. The summed E-state index contributed by atoms with van der Waals surface area (Å²) in [4.78, 5) is 20.1. The molecule has 4 rings (SSSR count). The summed E-state index contributed by atoms with van der Waals surface area (Å²) < 4.78 is 55.0. The van der Waals surface area contributed by atoms with Crippen molar-refractivity contribution in [2.75, 3.05) is 4.72 Å². The van der Waals surface area contributed by atoms with Crippen LogP contribution in [-0.2, 0) is 21.2 Å². The summed E-state index contributed by atoms with van der Waals surface area (Å²) in [6.07, 6.45) is 5.37. The number of hydrogen-bond donors (Lipinski definition) is 1. The maximum absolute atomic E-state index is 14.0. The fourth-order valence-corrected chi connectivity index (χ4v) is 4.55. The van der Waals surface area contributed by atoms with Gasteiger partial charge < -0.3 is 0 Å². The number of nitrogens with zero attached hydrogens (tertiary/aromatic N) is 2. The number of hydrogen-bond acceptors (Lipinski definition) is 5. The zero-order valence-electron chi connectivity index (χ0n) is 17.5. The van der Waals surface area contributed by atoms with Crippen LogP contribution in [0.15, 0.2) is 47.6 Å². The number of ketones is 1. The first-order valence-electron chi connectivity index (χ1n) is 10.1. The van der Waals surface area contributed by atoms with Crippen LogP contribution in [0.5, 0.6) is 0 Å². The van der Waals surface area contributed by atoms with Gasteiger partial charge in [-0.05, 0) is 62.1 Å². The Hall–Kier alpha value is -3.20. The van der Waals surface area contributed by atoms with Gasteiger partial charge >= 0.3 is 0 Å². The van der Waals surface area contributed by atoms with E-state index in [1.165, 1.54) is 0 Å². The van der Waals surface area contributed by atoms with Gasteiger partial charge in [-0.15, -0.1) is 0 Å². The third kappa shape index (κ3) is 4.67. The number of anilines is 1. The average molecular weight is 458 g/mol. The van der Waals surface area contributed by atoms with Crippen LogP contribution in [-0.4, -0.2) is 24.2 Å². The molecule has 1 saturated carbocycles. The Morgan fingerprint density at radius 1 is 1.09 bits per heavy atom. The molecule has 0 aliphatic heterocycles. The Labute approximate surface area is 184 Å². The number of rotatable bonds is 7. The summed E-state index contributed by atoms with van der Waals surface area (Å²) in [6, 6.07) is 5.66. The van der Waals surface area contributed by atoms with Gasteiger partial charge in [-0.2, -0.15) is 0 Å². The van der Waals surface area contributed by atoms with Crippen LogP contribution in [0.3, 0.4) is 0 Å². The lowest BCUT2D eigenvalue weighted by molar-refractivity contribution is -0.119. The number of nitrogens with one attached hydrogen (secondary N) is 1. The molecule has 1 fully saturated rings. The van der Waals surface area contributed by atoms with Crippen LogP contribution in [0.1, 0.15) is 29.8 Å². The molecule has 32 heavy (non-hydrogen) atoms. The third-order valence-corrected chi connectivity index (χ3v) is 6.77. The van der Waals surface area contributed by atoms with Gasteiger partial charge in [0.25, 0.3) is 10.0 Å². The van der Waals surface area contributed by atoms with E-state index in [0.29, 0.717) is 23.0 Å². The molecule has 0 spiro atoms. The lowest BCUT2D eigenvalue weighted by atomic mass is 10.0. The van der Waals surface area contributed by atoms with Crippen LogP contribution >= 0.6 is 0 Å². The van der Waals surface area contributed by atoms with Crippen molar-refractivity contribution in [2.24, 2.45) is 5.92 Å². The standard InChI is InChI=1S/C23H21F2N3O3S/c1-13-11-27-18(10-22(29)15-3-4-15)9-19(13)16-7-21(14(2)26-12-16)28-32(30,31)23-6-5-17(24)8-20(23)25/h5-9,11-12,15,28H,3-4,10H2,1-2H3.